The summed E-state index contributed by atoms with van der Waals surface area (Å²) in [5, 5.41) is 15.5. The van der Waals surface area contributed by atoms with Crippen LogP contribution in [0.4, 0.5) is 0 Å². The molecule has 0 radical (unpaired) electrons. The first-order valence-corrected chi connectivity index (χ1v) is 9.54. The Kier molecular flexibility index (Phi) is 5.94. The summed E-state index contributed by atoms with van der Waals surface area (Å²) in [5.74, 6) is -0.0140. The molecule has 0 aliphatic carbocycles. The second-order valence-electron chi connectivity index (χ2n) is 7.17. The molecule has 140 valence electrons. The van der Waals surface area contributed by atoms with Gasteiger partial charge in [0.05, 0.1) is 17.8 Å². The average Bonchev–Trinajstić information content (AvgIpc) is 3.02. The Morgan fingerprint density at radius 1 is 1.31 bits per heavy atom. The summed E-state index contributed by atoms with van der Waals surface area (Å²) >= 11 is 6.34. The van der Waals surface area contributed by atoms with Crippen LogP contribution in [-0.2, 0) is 0 Å². The zero-order valence-corrected chi connectivity index (χ0v) is 16.3. The average molecular weight is 376 g/mol. The predicted molar refractivity (Wildman–Crippen MR) is 102 cm³/mol. The van der Waals surface area contributed by atoms with Crippen LogP contribution in [0.5, 0.6) is 0 Å². The van der Waals surface area contributed by atoms with Crippen molar-refractivity contribution in [2.45, 2.75) is 45.7 Å². The highest BCUT2D eigenvalue weighted by Crippen LogP contribution is 2.28. The number of aromatic nitrogens is 3. The molecule has 26 heavy (non-hydrogen) atoms. The number of nitrogens with one attached hydrogen (secondary N) is 2. The first-order chi connectivity index (χ1) is 12.5. The molecule has 0 bridgehead atoms. The van der Waals surface area contributed by atoms with E-state index < -0.39 is 0 Å². The topological polar surface area (TPSA) is 71.8 Å². The van der Waals surface area contributed by atoms with Crippen molar-refractivity contribution in [3.05, 3.63) is 46.2 Å². The number of carbonyl (C=O) groups excluding carboxylic acids is 1. The first kappa shape index (κ1) is 18.9. The van der Waals surface area contributed by atoms with E-state index in [1.54, 1.807) is 0 Å². The number of benzene rings is 1. The number of amides is 1. The molecule has 1 aliphatic heterocycles. The van der Waals surface area contributed by atoms with Gasteiger partial charge in [-0.15, -0.1) is 5.10 Å². The number of carbonyl (C=O) groups is 1. The van der Waals surface area contributed by atoms with E-state index in [4.69, 9.17) is 11.6 Å². The van der Waals surface area contributed by atoms with E-state index in [9.17, 15) is 4.79 Å². The van der Waals surface area contributed by atoms with E-state index >= 15 is 0 Å². The van der Waals surface area contributed by atoms with Crippen LogP contribution in [0.25, 0.3) is 0 Å². The minimum absolute atomic E-state index is 0.181. The molecule has 2 N–H and O–H groups in total. The molecule has 7 heteroatoms. The minimum atomic E-state index is -0.207. The molecule has 1 amide bonds. The largest absolute Gasteiger partial charge is 0.343 e. The van der Waals surface area contributed by atoms with E-state index in [0.29, 0.717) is 16.8 Å². The standard InChI is InChI=1S/C19H26ClN5O/c1-12(2)17(15-6-4-5-7-16(15)20)22-19(26)18-13(3)25(24-23-18)14-8-10-21-11-9-14/h4-7,12,14,17,21H,8-11H2,1-3H3,(H,22,26). The van der Waals surface area contributed by atoms with Crippen LogP contribution in [-0.4, -0.2) is 34.0 Å². The van der Waals surface area contributed by atoms with Crippen molar-refractivity contribution in [3.63, 3.8) is 0 Å². The SMILES string of the molecule is Cc1c(C(=O)NC(c2ccccc2Cl)C(C)C)nnn1C1CCNCC1. The van der Waals surface area contributed by atoms with Crippen molar-refractivity contribution >= 4 is 17.5 Å². The Morgan fingerprint density at radius 2 is 2.00 bits per heavy atom. The first-order valence-electron chi connectivity index (χ1n) is 9.16. The fraction of sp³-hybridized carbons (Fsp3) is 0.526. The molecule has 1 unspecified atom stereocenters. The van der Waals surface area contributed by atoms with Crippen LogP contribution in [0.1, 0.15) is 60.5 Å². The number of hydrogen-bond acceptors (Lipinski definition) is 4. The van der Waals surface area contributed by atoms with Crippen LogP contribution >= 0.6 is 11.6 Å². The third-order valence-electron chi connectivity index (χ3n) is 4.99. The molecule has 1 saturated heterocycles. The molecule has 2 heterocycles. The summed E-state index contributed by atoms with van der Waals surface area (Å²) < 4.78 is 1.90. The van der Waals surface area contributed by atoms with E-state index in [-0.39, 0.29) is 17.9 Å². The quantitative estimate of drug-likeness (QED) is 0.841. The smallest absolute Gasteiger partial charge is 0.274 e. The van der Waals surface area contributed by atoms with E-state index in [2.05, 4.69) is 34.8 Å². The summed E-state index contributed by atoms with van der Waals surface area (Å²) in [6.07, 6.45) is 2.00. The van der Waals surface area contributed by atoms with Crippen molar-refractivity contribution in [1.29, 1.82) is 0 Å². The summed E-state index contributed by atoms with van der Waals surface area (Å²) in [6, 6.07) is 7.74. The molecule has 0 saturated carbocycles. The summed E-state index contributed by atoms with van der Waals surface area (Å²) in [4.78, 5) is 12.9. The molecule has 2 aromatic rings. The molecular weight excluding hydrogens is 350 g/mol. The molecule has 0 spiro atoms. The van der Waals surface area contributed by atoms with Crippen molar-refractivity contribution < 1.29 is 4.79 Å². The lowest BCUT2D eigenvalue weighted by atomic mass is 9.95. The zero-order valence-electron chi connectivity index (χ0n) is 15.5. The van der Waals surface area contributed by atoms with Gasteiger partial charge in [-0.3, -0.25) is 4.79 Å². The number of hydrogen-bond donors (Lipinski definition) is 2. The molecular formula is C19H26ClN5O. The number of rotatable bonds is 5. The highest BCUT2D eigenvalue weighted by atomic mass is 35.5. The van der Waals surface area contributed by atoms with E-state index in [1.165, 1.54) is 0 Å². The molecule has 1 aliphatic rings. The van der Waals surface area contributed by atoms with Crippen LogP contribution < -0.4 is 10.6 Å². The Hall–Kier alpha value is -1.92. The molecule has 3 rings (SSSR count). The van der Waals surface area contributed by atoms with Crippen molar-refractivity contribution in [2.75, 3.05) is 13.1 Å². The second kappa shape index (κ2) is 8.18. The Labute approximate surface area is 159 Å². The van der Waals surface area contributed by atoms with Gasteiger partial charge in [0.2, 0.25) is 0 Å². The predicted octanol–water partition coefficient (Wildman–Crippen LogP) is 3.29. The lowest BCUT2D eigenvalue weighted by Gasteiger charge is -2.24. The van der Waals surface area contributed by atoms with Gasteiger partial charge in [-0.1, -0.05) is 48.9 Å². The highest BCUT2D eigenvalue weighted by molar-refractivity contribution is 6.31. The lowest BCUT2D eigenvalue weighted by Crippen LogP contribution is -2.33. The van der Waals surface area contributed by atoms with E-state index in [0.717, 1.165) is 37.2 Å². The number of halogens is 1. The van der Waals surface area contributed by atoms with Crippen LogP contribution in [0, 0.1) is 12.8 Å². The Balaban J connectivity index is 1.80. The maximum Gasteiger partial charge on any atom is 0.274 e. The summed E-state index contributed by atoms with van der Waals surface area (Å²) in [6.45, 7) is 7.97. The van der Waals surface area contributed by atoms with E-state index in [1.807, 2.05) is 35.9 Å². The van der Waals surface area contributed by atoms with Crippen molar-refractivity contribution in [1.82, 2.24) is 25.6 Å². The third-order valence-corrected chi connectivity index (χ3v) is 5.33. The van der Waals surface area contributed by atoms with Gasteiger partial charge in [-0.05, 0) is 50.4 Å². The van der Waals surface area contributed by atoms with Gasteiger partial charge in [-0.25, -0.2) is 4.68 Å². The van der Waals surface area contributed by atoms with Gasteiger partial charge in [0, 0.05) is 5.02 Å². The van der Waals surface area contributed by atoms with Crippen LogP contribution in [0.15, 0.2) is 24.3 Å². The van der Waals surface area contributed by atoms with Gasteiger partial charge >= 0.3 is 0 Å². The monoisotopic (exact) mass is 375 g/mol. The van der Waals surface area contributed by atoms with Gasteiger partial charge in [-0.2, -0.15) is 0 Å². The van der Waals surface area contributed by atoms with Gasteiger partial charge < -0.3 is 10.6 Å². The fourth-order valence-electron chi connectivity index (χ4n) is 3.49. The van der Waals surface area contributed by atoms with Crippen molar-refractivity contribution in [3.8, 4) is 0 Å². The Morgan fingerprint density at radius 3 is 2.65 bits per heavy atom. The maximum absolute atomic E-state index is 12.9. The third kappa shape index (κ3) is 3.91. The summed E-state index contributed by atoms with van der Waals surface area (Å²) in [5.41, 5.74) is 2.12. The molecule has 1 aromatic carbocycles. The van der Waals surface area contributed by atoms with Gasteiger partial charge in [0.1, 0.15) is 0 Å². The van der Waals surface area contributed by atoms with Crippen LogP contribution in [0.3, 0.4) is 0 Å². The number of nitrogens with zero attached hydrogens (tertiary/aromatic N) is 3. The summed E-state index contributed by atoms with van der Waals surface area (Å²) in [7, 11) is 0. The molecule has 6 nitrogen and oxygen atoms in total. The lowest BCUT2D eigenvalue weighted by molar-refractivity contribution is 0.0919. The fourth-order valence-corrected chi connectivity index (χ4v) is 3.74. The maximum atomic E-state index is 12.9. The minimum Gasteiger partial charge on any atom is -0.343 e. The molecule has 1 atom stereocenters. The van der Waals surface area contributed by atoms with Crippen molar-refractivity contribution in [2.24, 2.45) is 5.92 Å². The Bertz CT molecular complexity index is 767. The molecule has 1 fully saturated rings. The van der Waals surface area contributed by atoms with Crippen LogP contribution in [0.2, 0.25) is 5.02 Å². The zero-order chi connectivity index (χ0) is 18.7. The van der Waals surface area contributed by atoms with Gasteiger partial charge in [0.25, 0.3) is 5.91 Å². The van der Waals surface area contributed by atoms with Gasteiger partial charge in [0.15, 0.2) is 5.69 Å². The molecule has 1 aromatic heterocycles. The highest BCUT2D eigenvalue weighted by Gasteiger charge is 2.26. The normalized spacial score (nSPS) is 16.7. The second-order valence-corrected chi connectivity index (χ2v) is 7.57. The number of piperidine rings is 1.